The highest BCUT2D eigenvalue weighted by atomic mass is 16.6. The van der Waals surface area contributed by atoms with E-state index in [4.69, 9.17) is 9.47 Å². The second kappa shape index (κ2) is 11.6. The molecule has 0 bridgehead atoms. The molecule has 0 amide bonds. The van der Waals surface area contributed by atoms with Crippen LogP contribution < -0.4 is 0 Å². The van der Waals surface area contributed by atoms with E-state index in [0.717, 1.165) is 19.3 Å². The van der Waals surface area contributed by atoms with Gasteiger partial charge in [0.1, 0.15) is 6.61 Å². The smallest absolute Gasteiger partial charge is 0.338 e. The van der Waals surface area contributed by atoms with Gasteiger partial charge in [-0.15, -0.1) is 0 Å². The lowest BCUT2D eigenvalue weighted by atomic mass is 9.98. The Kier molecular flexibility index (Phi) is 9.21. The molecule has 0 aromatic heterocycles. The van der Waals surface area contributed by atoms with Crippen LogP contribution in [-0.4, -0.2) is 35.9 Å². The molecular weight excluding hydrogens is 356 g/mol. The molecule has 1 aromatic carbocycles. The fraction of sp³-hybridized carbons (Fsp3) is 0.565. The van der Waals surface area contributed by atoms with Crippen LogP contribution in [0.1, 0.15) is 75.1 Å². The number of ether oxygens (including phenoxy) is 2. The normalized spacial score (nSPS) is 20.4. The summed E-state index contributed by atoms with van der Waals surface area (Å²) in [4.78, 5) is 24.3. The van der Waals surface area contributed by atoms with Crippen LogP contribution in [0.15, 0.2) is 42.0 Å². The summed E-state index contributed by atoms with van der Waals surface area (Å²) in [6.07, 6.45) is 11.5. The van der Waals surface area contributed by atoms with E-state index in [9.17, 15) is 14.7 Å². The van der Waals surface area contributed by atoms with Gasteiger partial charge in [0.2, 0.25) is 0 Å². The van der Waals surface area contributed by atoms with Crippen molar-refractivity contribution < 1.29 is 24.2 Å². The molecule has 1 N–H and O–H groups in total. The minimum absolute atomic E-state index is 0.155. The summed E-state index contributed by atoms with van der Waals surface area (Å²) in [5.74, 6) is -0.919. The van der Waals surface area contributed by atoms with Crippen molar-refractivity contribution in [2.24, 2.45) is 0 Å². The van der Waals surface area contributed by atoms with Crippen molar-refractivity contribution in [3.05, 3.63) is 47.5 Å². The minimum atomic E-state index is -1.17. The van der Waals surface area contributed by atoms with Crippen molar-refractivity contribution in [2.45, 2.75) is 70.3 Å². The molecule has 1 heterocycles. The van der Waals surface area contributed by atoms with E-state index in [1.807, 2.05) is 12.1 Å². The third-order valence-corrected chi connectivity index (χ3v) is 5.05. The van der Waals surface area contributed by atoms with Crippen molar-refractivity contribution >= 4 is 11.9 Å². The Labute approximate surface area is 167 Å². The maximum atomic E-state index is 12.2. The number of carbonyl (C=O) groups excluding carboxylic acids is 2. The molecule has 0 aliphatic carbocycles. The monoisotopic (exact) mass is 388 g/mol. The van der Waals surface area contributed by atoms with Crippen molar-refractivity contribution in [3.8, 4) is 0 Å². The quantitative estimate of drug-likeness (QED) is 0.322. The summed E-state index contributed by atoms with van der Waals surface area (Å²) in [5.41, 5.74) is -0.182. The van der Waals surface area contributed by atoms with Gasteiger partial charge in [-0.3, -0.25) is 0 Å². The fourth-order valence-electron chi connectivity index (χ4n) is 3.32. The highest BCUT2D eigenvalue weighted by molar-refractivity contribution is 5.92. The highest BCUT2D eigenvalue weighted by Gasteiger charge is 2.44. The zero-order valence-electron chi connectivity index (χ0n) is 16.8. The molecule has 1 aliphatic rings. The molecule has 5 heteroatoms. The molecule has 154 valence electrons. The molecule has 1 fully saturated rings. The van der Waals surface area contributed by atoms with Crippen LogP contribution in [0.5, 0.6) is 0 Å². The Morgan fingerprint density at radius 2 is 1.82 bits per heavy atom. The van der Waals surface area contributed by atoms with Gasteiger partial charge in [0.15, 0.2) is 5.60 Å². The average Bonchev–Trinajstić information content (AvgIpc) is 3.05. The Hall–Kier alpha value is -2.14. The number of rotatable bonds is 12. The molecule has 0 spiro atoms. The van der Waals surface area contributed by atoms with Crippen molar-refractivity contribution in [2.75, 3.05) is 13.2 Å². The van der Waals surface area contributed by atoms with E-state index in [1.54, 1.807) is 24.3 Å². The number of esters is 2. The Morgan fingerprint density at radius 3 is 2.50 bits per heavy atom. The molecule has 1 unspecified atom stereocenters. The maximum Gasteiger partial charge on any atom is 0.338 e. The van der Waals surface area contributed by atoms with Crippen molar-refractivity contribution in [3.63, 3.8) is 0 Å². The van der Waals surface area contributed by atoms with Crippen LogP contribution in [0.2, 0.25) is 0 Å². The molecule has 1 aliphatic heterocycles. The first-order valence-electron chi connectivity index (χ1n) is 10.4. The number of aliphatic hydroxyl groups is 1. The second-order valence-electron chi connectivity index (χ2n) is 7.49. The average molecular weight is 389 g/mol. The second-order valence-corrected chi connectivity index (χ2v) is 7.49. The number of aliphatic hydroxyl groups excluding tert-OH is 1. The summed E-state index contributed by atoms with van der Waals surface area (Å²) in [7, 11) is 0. The highest BCUT2D eigenvalue weighted by Crippen LogP contribution is 2.31. The van der Waals surface area contributed by atoms with E-state index < -0.39 is 17.5 Å². The first-order valence-corrected chi connectivity index (χ1v) is 10.4. The predicted octanol–water partition coefficient (Wildman–Crippen LogP) is 4.59. The van der Waals surface area contributed by atoms with Crippen LogP contribution in [0.3, 0.4) is 0 Å². The van der Waals surface area contributed by atoms with Gasteiger partial charge in [-0.05, 0) is 25.0 Å². The van der Waals surface area contributed by atoms with Gasteiger partial charge in [-0.1, -0.05) is 69.7 Å². The summed E-state index contributed by atoms with van der Waals surface area (Å²) < 4.78 is 10.7. The summed E-state index contributed by atoms with van der Waals surface area (Å²) in [6, 6.07) is 8.62. The van der Waals surface area contributed by atoms with Crippen LogP contribution >= 0.6 is 0 Å². The largest absolute Gasteiger partial charge is 0.458 e. The molecule has 0 saturated carbocycles. The Bertz CT molecular complexity index is 652. The van der Waals surface area contributed by atoms with Crippen LogP contribution in [-0.2, 0) is 14.3 Å². The minimum Gasteiger partial charge on any atom is -0.458 e. The van der Waals surface area contributed by atoms with Gasteiger partial charge < -0.3 is 14.6 Å². The van der Waals surface area contributed by atoms with Gasteiger partial charge >= 0.3 is 11.9 Å². The fourth-order valence-corrected chi connectivity index (χ4v) is 3.32. The van der Waals surface area contributed by atoms with Crippen LogP contribution in [0.4, 0.5) is 0 Å². The molecule has 2 rings (SSSR count). The number of unbranched alkanes of at least 4 members (excludes halogenated alkanes) is 7. The number of hydrogen-bond donors (Lipinski definition) is 1. The standard InChI is InChI=1S/C23H32O5/c1-2-3-4-5-6-7-8-10-15-20-16-23(17-24,28-22(20)26)18-27-21(25)19-13-11-9-12-14-19/h9,11-15,24H,2-8,10,16-18H2,1H3. The lowest BCUT2D eigenvalue weighted by Gasteiger charge is -2.24. The first kappa shape index (κ1) is 22.2. The van der Waals surface area contributed by atoms with Gasteiger partial charge in [-0.25, -0.2) is 9.59 Å². The zero-order valence-corrected chi connectivity index (χ0v) is 16.8. The SMILES string of the molecule is CCCCCCCCCC=C1CC(CO)(COC(=O)c2ccccc2)OC1=O. The van der Waals surface area contributed by atoms with Crippen LogP contribution in [0.25, 0.3) is 0 Å². The summed E-state index contributed by atoms with van der Waals surface area (Å²) in [6.45, 7) is 1.68. The van der Waals surface area contributed by atoms with Gasteiger partial charge in [-0.2, -0.15) is 0 Å². The third kappa shape index (κ3) is 6.79. The number of hydrogen-bond acceptors (Lipinski definition) is 5. The number of cyclic esters (lactones) is 1. The third-order valence-electron chi connectivity index (χ3n) is 5.05. The zero-order chi connectivity index (χ0) is 20.2. The van der Waals surface area contributed by atoms with Gasteiger partial charge in [0.25, 0.3) is 0 Å². The van der Waals surface area contributed by atoms with E-state index >= 15 is 0 Å². The first-order chi connectivity index (χ1) is 13.6. The summed E-state index contributed by atoms with van der Waals surface area (Å²) >= 11 is 0. The van der Waals surface area contributed by atoms with Crippen molar-refractivity contribution in [1.29, 1.82) is 0 Å². The molecule has 5 nitrogen and oxygen atoms in total. The number of allylic oxidation sites excluding steroid dienone is 1. The topological polar surface area (TPSA) is 72.8 Å². The van der Waals surface area contributed by atoms with Gasteiger partial charge in [0.05, 0.1) is 12.2 Å². The molecule has 1 atom stereocenters. The molecule has 0 radical (unpaired) electrons. The number of carbonyl (C=O) groups is 2. The predicted molar refractivity (Wildman–Crippen MR) is 108 cm³/mol. The summed E-state index contributed by atoms with van der Waals surface area (Å²) in [5, 5.41) is 9.75. The number of benzene rings is 1. The Morgan fingerprint density at radius 1 is 1.14 bits per heavy atom. The van der Waals surface area contributed by atoms with E-state index in [-0.39, 0.29) is 19.6 Å². The van der Waals surface area contributed by atoms with E-state index in [2.05, 4.69) is 6.92 Å². The van der Waals surface area contributed by atoms with Crippen molar-refractivity contribution in [1.82, 2.24) is 0 Å². The lowest BCUT2D eigenvalue weighted by Crippen LogP contribution is -2.39. The molecular formula is C23H32O5. The van der Waals surface area contributed by atoms with E-state index in [1.165, 1.54) is 32.1 Å². The molecule has 28 heavy (non-hydrogen) atoms. The van der Waals surface area contributed by atoms with Gasteiger partial charge in [0, 0.05) is 12.0 Å². The maximum absolute atomic E-state index is 12.2. The molecule has 1 saturated heterocycles. The lowest BCUT2D eigenvalue weighted by molar-refractivity contribution is -0.154. The Balaban J connectivity index is 1.78. The van der Waals surface area contributed by atoms with Crippen LogP contribution in [0, 0.1) is 0 Å². The van der Waals surface area contributed by atoms with E-state index in [0.29, 0.717) is 11.1 Å². The molecule has 1 aromatic rings.